The summed E-state index contributed by atoms with van der Waals surface area (Å²) in [5.74, 6) is 1.23. The van der Waals surface area contributed by atoms with E-state index in [4.69, 9.17) is 0 Å². The van der Waals surface area contributed by atoms with Crippen molar-refractivity contribution in [2.45, 2.75) is 31.8 Å². The Balaban J connectivity index is 1.98. The van der Waals surface area contributed by atoms with Gasteiger partial charge in [0, 0.05) is 28.3 Å². The molecule has 2 rings (SSSR count). The van der Waals surface area contributed by atoms with Crippen molar-refractivity contribution in [2.75, 3.05) is 12.0 Å². The summed E-state index contributed by atoms with van der Waals surface area (Å²) in [6, 6.07) is 9.80. The van der Waals surface area contributed by atoms with Crippen molar-refractivity contribution in [3.63, 3.8) is 0 Å². The monoisotopic (exact) mass is 311 g/mol. The molecule has 0 aliphatic rings. The minimum atomic E-state index is 0.454. The van der Waals surface area contributed by atoms with Gasteiger partial charge in [0.2, 0.25) is 0 Å². The van der Waals surface area contributed by atoms with Gasteiger partial charge in [-0.15, -0.1) is 22.7 Å². The quantitative estimate of drug-likeness (QED) is 0.750. The lowest BCUT2D eigenvalue weighted by molar-refractivity contribution is 0.452. The first-order valence-corrected chi connectivity index (χ1v) is 9.75. The van der Waals surface area contributed by atoms with E-state index in [2.05, 4.69) is 53.5 Å². The molecule has 0 aliphatic carbocycles. The van der Waals surface area contributed by atoms with E-state index in [1.54, 1.807) is 0 Å². The minimum Gasteiger partial charge on any atom is -0.306 e. The largest absolute Gasteiger partial charge is 0.306 e. The van der Waals surface area contributed by atoms with Gasteiger partial charge in [-0.1, -0.05) is 12.1 Å². The Bertz CT molecular complexity index is 436. The average molecular weight is 312 g/mol. The van der Waals surface area contributed by atoms with Crippen molar-refractivity contribution < 1.29 is 0 Å². The van der Waals surface area contributed by atoms with Gasteiger partial charge in [0.1, 0.15) is 0 Å². The van der Waals surface area contributed by atoms with Crippen LogP contribution in [0.15, 0.2) is 35.0 Å². The number of thiophene rings is 2. The molecule has 19 heavy (non-hydrogen) atoms. The number of thioether (sulfide) groups is 1. The van der Waals surface area contributed by atoms with Crippen molar-refractivity contribution in [2.24, 2.45) is 0 Å². The van der Waals surface area contributed by atoms with Crippen LogP contribution in [-0.2, 0) is 6.42 Å². The second kappa shape index (κ2) is 8.10. The molecular formula is C15H21NS3. The van der Waals surface area contributed by atoms with Gasteiger partial charge in [0.05, 0.1) is 0 Å². The molecule has 1 nitrogen and oxygen atoms in total. The lowest BCUT2D eigenvalue weighted by Gasteiger charge is -2.22. The summed E-state index contributed by atoms with van der Waals surface area (Å²) in [5, 5.41) is 8.13. The second-order valence-electron chi connectivity index (χ2n) is 4.70. The Morgan fingerprint density at radius 3 is 2.63 bits per heavy atom. The summed E-state index contributed by atoms with van der Waals surface area (Å²) < 4.78 is 0. The van der Waals surface area contributed by atoms with E-state index in [-0.39, 0.29) is 0 Å². The number of hydrogen-bond donors (Lipinski definition) is 1. The number of hydrogen-bond acceptors (Lipinski definition) is 4. The van der Waals surface area contributed by atoms with E-state index in [0.717, 1.165) is 6.42 Å². The van der Waals surface area contributed by atoms with E-state index < -0.39 is 0 Å². The molecule has 2 aromatic rings. The van der Waals surface area contributed by atoms with Gasteiger partial charge in [-0.3, -0.25) is 0 Å². The normalized spacial score (nSPS) is 14.4. The maximum Gasteiger partial charge on any atom is 0.0465 e. The molecule has 4 heteroatoms. The first-order valence-electron chi connectivity index (χ1n) is 6.60. The molecule has 0 fully saturated rings. The van der Waals surface area contributed by atoms with Crippen LogP contribution in [0.1, 0.15) is 29.1 Å². The summed E-state index contributed by atoms with van der Waals surface area (Å²) in [5.41, 5.74) is 0. The molecule has 2 unspecified atom stereocenters. The van der Waals surface area contributed by atoms with Gasteiger partial charge in [-0.25, -0.2) is 0 Å². The smallest absolute Gasteiger partial charge is 0.0465 e. The van der Waals surface area contributed by atoms with E-state index in [1.807, 2.05) is 34.4 Å². The Morgan fingerprint density at radius 1 is 1.21 bits per heavy atom. The van der Waals surface area contributed by atoms with Crippen LogP contribution < -0.4 is 5.32 Å². The zero-order valence-corrected chi connectivity index (χ0v) is 13.9. The summed E-state index contributed by atoms with van der Waals surface area (Å²) >= 11 is 5.63. The summed E-state index contributed by atoms with van der Waals surface area (Å²) in [6.07, 6.45) is 4.50. The van der Waals surface area contributed by atoms with Gasteiger partial charge in [0.25, 0.3) is 0 Å². The van der Waals surface area contributed by atoms with Crippen molar-refractivity contribution in [3.8, 4) is 0 Å². The first-order chi connectivity index (χ1) is 9.29. The standard InChI is InChI=1S/C15H21NS3/c1-12(7-10-17-2)16-14(15-6-4-9-19-15)11-13-5-3-8-18-13/h3-6,8-9,12,14,16H,7,10-11H2,1-2H3. The van der Waals surface area contributed by atoms with Gasteiger partial charge >= 0.3 is 0 Å². The van der Waals surface area contributed by atoms with Crippen LogP contribution in [0.4, 0.5) is 0 Å². The molecule has 0 radical (unpaired) electrons. The van der Waals surface area contributed by atoms with Crippen LogP contribution in [0.5, 0.6) is 0 Å². The summed E-state index contributed by atoms with van der Waals surface area (Å²) in [6.45, 7) is 2.30. The summed E-state index contributed by atoms with van der Waals surface area (Å²) in [7, 11) is 0. The van der Waals surface area contributed by atoms with E-state index in [1.165, 1.54) is 21.9 Å². The highest BCUT2D eigenvalue weighted by Crippen LogP contribution is 2.25. The molecule has 0 saturated carbocycles. The van der Waals surface area contributed by atoms with Crippen LogP contribution in [0.2, 0.25) is 0 Å². The maximum absolute atomic E-state index is 3.80. The Kier molecular flexibility index (Phi) is 6.44. The molecule has 0 amide bonds. The topological polar surface area (TPSA) is 12.0 Å². The highest BCUT2D eigenvalue weighted by atomic mass is 32.2. The highest BCUT2D eigenvalue weighted by Gasteiger charge is 2.16. The lowest BCUT2D eigenvalue weighted by Crippen LogP contribution is -2.31. The SMILES string of the molecule is CSCCC(C)NC(Cc1cccs1)c1cccs1. The third-order valence-electron chi connectivity index (χ3n) is 3.11. The van der Waals surface area contributed by atoms with Gasteiger partial charge in [-0.2, -0.15) is 11.8 Å². The van der Waals surface area contributed by atoms with E-state index >= 15 is 0 Å². The van der Waals surface area contributed by atoms with Crippen LogP contribution in [0.3, 0.4) is 0 Å². The van der Waals surface area contributed by atoms with E-state index in [0.29, 0.717) is 12.1 Å². The number of nitrogens with one attached hydrogen (secondary N) is 1. The fourth-order valence-electron chi connectivity index (χ4n) is 2.08. The van der Waals surface area contributed by atoms with Crippen LogP contribution in [-0.4, -0.2) is 18.1 Å². The number of rotatable bonds is 8. The van der Waals surface area contributed by atoms with Crippen molar-refractivity contribution >= 4 is 34.4 Å². The third-order valence-corrected chi connectivity index (χ3v) is 5.64. The van der Waals surface area contributed by atoms with Crippen LogP contribution in [0, 0.1) is 0 Å². The molecule has 0 spiro atoms. The molecule has 0 bridgehead atoms. The molecule has 2 aromatic heterocycles. The zero-order chi connectivity index (χ0) is 13.5. The molecule has 2 atom stereocenters. The Morgan fingerprint density at radius 2 is 2.00 bits per heavy atom. The van der Waals surface area contributed by atoms with Gasteiger partial charge in [0.15, 0.2) is 0 Å². The molecule has 104 valence electrons. The van der Waals surface area contributed by atoms with Crippen LogP contribution in [0.25, 0.3) is 0 Å². The molecule has 2 heterocycles. The van der Waals surface area contributed by atoms with Crippen LogP contribution >= 0.6 is 34.4 Å². The molecule has 0 aromatic carbocycles. The molecule has 0 aliphatic heterocycles. The fourth-order valence-corrected chi connectivity index (χ4v) is 4.21. The Labute approximate surface area is 128 Å². The second-order valence-corrected chi connectivity index (χ2v) is 7.70. The highest BCUT2D eigenvalue weighted by molar-refractivity contribution is 7.98. The first kappa shape index (κ1) is 15.1. The summed E-state index contributed by atoms with van der Waals surface area (Å²) in [4.78, 5) is 2.91. The van der Waals surface area contributed by atoms with Crippen molar-refractivity contribution in [1.82, 2.24) is 5.32 Å². The van der Waals surface area contributed by atoms with Gasteiger partial charge < -0.3 is 5.32 Å². The lowest BCUT2D eigenvalue weighted by atomic mass is 10.1. The van der Waals surface area contributed by atoms with Crippen molar-refractivity contribution in [3.05, 3.63) is 44.8 Å². The third kappa shape index (κ3) is 4.95. The molecule has 1 N–H and O–H groups in total. The predicted molar refractivity (Wildman–Crippen MR) is 90.7 cm³/mol. The Hall–Kier alpha value is -0.290. The minimum absolute atomic E-state index is 0.454. The maximum atomic E-state index is 3.80. The average Bonchev–Trinajstić information content (AvgIpc) is 3.08. The van der Waals surface area contributed by atoms with Gasteiger partial charge in [-0.05, 0) is 48.2 Å². The zero-order valence-electron chi connectivity index (χ0n) is 11.5. The fraction of sp³-hybridized carbons (Fsp3) is 0.467. The van der Waals surface area contributed by atoms with E-state index in [9.17, 15) is 0 Å². The van der Waals surface area contributed by atoms with Crippen molar-refractivity contribution in [1.29, 1.82) is 0 Å². The molecular weight excluding hydrogens is 290 g/mol. The molecule has 0 saturated heterocycles. The predicted octanol–water partition coefficient (Wildman–Crippen LogP) is 4.82.